The number of nitrogens with one attached hydrogen (secondary N) is 1. The number of benzene rings is 1. The summed E-state index contributed by atoms with van der Waals surface area (Å²) < 4.78 is 0. The molecule has 0 aliphatic carbocycles. The quantitative estimate of drug-likeness (QED) is 0.852. The van der Waals surface area contributed by atoms with Gasteiger partial charge < -0.3 is 10.2 Å². The van der Waals surface area contributed by atoms with Crippen LogP contribution in [0.2, 0.25) is 0 Å². The lowest BCUT2D eigenvalue weighted by molar-refractivity contribution is -0.131. The fraction of sp³-hybridized carbons (Fsp3) is 0.619. The van der Waals surface area contributed by atoms with Crippen molar-refractivity contribution in [3.05, 3.63) is 35.4 Å². The van der Waals surface area contributed by atoms with Crippen molar-refractivity contribution in [2.45, 2.75) is 51.5 Å². The van der Waals surface area contributed by atoms with E-state index in [9.17, 15) is 9.59 Å². The Hall–Kier alpha value is -1.88. The van der Waals surface area contributed by atoms with Crippen LogP contribution in [-0.2, 0) is 11.3 Å². The maximum Gasteiger partial charge on any atom is 0.251 e. The zero-order valence-corrected chi connectivity index (χ0v) is 15.7. The van der Waals surface area contributed by atoms with E-state index >= 15 is 0 Å². The Balaban J connectivity index is 1.44. The first-order chi connectivity index (χ1) is 12.7. The van der Waals surface area contributed by atoms with E-state index in [1.54, 1.807) is 0 Å². The summed E-state index contributed by atoms with van der Waals surface area (Å²) >= 11 is 0. The molecule has 142 valence electrons. The number of amides is 2. The molecular formula is C21H31N3O2. The van der Waals surface area contributed by atoms with Gasteiger partial charge in [0, 0.05) is 38.2 Å². The third-order valence-corrected chi connectivity index (χ3v) is 5.38. The SMILES string of the molecule is O=C(NCCC(=O)N1CCCCCC1)c1cccc(CN2CCCC2)c1. The van der Waals surface area contributed by atoms with Crippen LogP contribution in [0.4, 0.5) is 0 Å². The van der Waals surface area contributed by atoms with Crippen LogP contribution in [0, 0.1) is 0 Å². The third kappa shape index (κ3) is 5.56. The van der Waals surface area contributed by atoms with Crippen molar-refractivity contribution in [1.29, 1.82) is 0 Å². The Morgan fingerprint density at radius 2 is 1.62 bits per heavy atom. The van der Waals surface area contributed by atoms with Crippen molar-refractivity contribution in [2.24, 2.45) is 0 Å². The molecule has 5 nitrogen and oxygen atoms in total. The summed E-state index contributed by atoms with van der Waals surface area (Å²) in [6.45, 7) is 5.35. The summed E-state index contributed by atoms with van der Waals surface area (Å²) in [7, 11) is 0. The van der Waals surface area contributed by atoms with E-state index in [-0.39, 0.29) is 11.8 Å². The van der Waals surface area contributed by atoms with Gasteiger partial charge in [-0.3, -0.25) is 14.5 Å². The van der Waals surface area contributed by atoms with Gasteiger partial charge in [0.25, 0.3) is 5.91 Å². The van der Waals surface area contributed by atoms with E-state index in [0.717, 1.165) is 45.6 Å². The van der Waals surface area contributed by atoms with Crippen molar-refractivity contribution < 1.29 is 9.59 Å². The van der Waals surface area contributed by atoms with E-state index < -0.39 is 0 Å². The van der Waals surface area contributed by atoms with Gasteiger partial charge in [-0.25, -0.2) is 0 Å². The van der Waals surface area contributed by atoms with Gasteiger partial charge in [0.05, 0.1) is 0 Å². The lowest BCUT2D eigenvalue weighted by Gasteiger charge is -2.20. The molecule has 3 rings (SSSR count). The van der Waals surface area contributed by atoms with E-state index in [4.69, 9.17) is 0 Å². The number of nitrogens with zero attached hydrogens (tertiary/aromatic N) is 2. The van der Waals surface area contributed by atoms with Gasteiger partial charge in [0.1, 0.15) is 0 Å². The molecule has 1 aromatic carbocycles. The molecule has 2 heterocycles. The van der Waals surface area contributed by atoms with Crippen LogP contribution in [0.3, 0.4) is 0 Å². The topological polar surface area (TPSA) is 52.7 Å². The average Bonchev–Trinajstić information content (AvgIpc) is 3.00. The minimum Gasteiger partial charge on any atom is -0.352 e. The predicted octanol–water partition coefficient (Wildman–Crippen LogP) is 2.80. The minimum absolute atomic E-state index is 0.0862. The van der Waals surface area contributed by atoms with E-state index in [1.807, 2.05) is 23.1 Å². The largest absolute Gasteiger partial charge is 0.352 e. The molecule has 2 saturated heterocycles. The van der Waals surface area contributed by atoms with Crippen molar-refractivity contribution >= 4 is 11.8 Å². The monoisotopic (exact) mass is 357 g/mol. The van der Waals surface area contributed by atoms with E-state index in [2.05, 4.69) is 16.3 Å². The van der Waals surface area contributed by atoms with Gasteiger partial charge in [-0.15, -0.1) is 0 Å². The second-order valence-electron chi connectivity index (χ2n) is 7.48. The van der Waals surface area contributed by atoms with Crippen molar-refractivity contribution in [1.82, 2.24) is 15.1 Å². The van der Waals surface area contributed by atoms with Gasteiger partial charge in [-0.1, -0.05) is 25.0 Å². The molecule has 0 radical (unpaired) electrons. The Morgan fingerprint density at radius 1 is 0.923 bits per heavy atom. The molecule has 2 aliphatic rings. The summed E-state index contributed by atoms with van der Waals surface area (Å²) in [5, 5.41) is 2.91. The first-order valence-corrected chi connectivity index (χ1v) is 10.1. The maximum atomic E-state index is 12.4. The van der Waals surface area contributed by atoms with E-state index in [0.29, 0.717) is 18.5 Å². The number of hydrogen-bond acceptors (Lipinski definition) is 3. The van der Waals surface area contributed by atoms with Crippen LogP contribution in [0.1, 0.15) is 60.9 Å². The lowest BCUT2D eigenvalue weighted by Crippen LogP contribution is -2.35. The predicted molar refractivity (Wildman–Crippen MR) is 103 cm³/mol. The van der Waals surface area contributed by atoms with Gasteiger partial charge in [0.15, 0.2) is 0 Å². The minimum atomic E-state index is -0.0862. The molecule has 0 atom stereocenters. The highest BCUT2D eigenvalue weighted by Gasteiger charge is 2.16. The zero-order chi connectivity index (χ0) is 18.2. The molecule has 0 unspecified atom stereocenters. The molecule has 0 saturated carbocycles. The Kier molecular flexibility index (Phi) is 7.06. The number of hydrogen-bond donors (Lipinski definition) is 1. The summed E-state index contributed by atoms with van der Waals surface area (Å²) in [5.74, 6) is 0.0759. The van der Waals surface area contributed by atoms with Crippen LogP contribution in [0.5, 0.6) is 0 Å². The average molecular weight is 357 g/mol. The fourth-order valence-corrected chi connectivity index (χ4v) is 3.87. The standard InChI is InChI=1S/C21H31N3O2/c25-20(24-14-3-1-2-4-15-24)10-11-22-21(26)19-9-7-8-18(16-19)17-23-12-5-6-13-23/h7-9,16H,1-6,10-15,17H2,(H,22,26). The zero-order valence-electron chi connectivity index (χ0n) is 15.7. The van der Waals surface area contributed by atoms with Crippen molar-refractivity contribution in [3.8, 4) is 0 Å². The molecule has 0 aromatic heterocycles. The number of rotatable bonds is 6. The molecule has 1 aromatic rings. The summed E-state index contributed by atoms with van der Waals surface area (Å²) in [6, 6.07) is 7.85. The first kappa shape index (κ1) is 18.9. The summed E-state index contributed by atoms with van der Waals surface area (Å²) in [4.78, 5) is 29.1. The molecule has 2 fully saturated rings. The molecule has 0 bridgehead atoms. The highest BCUT2D eigenvalue weighted by Crippen LogP contribution is 2.14. The summed E-state index contributed by atoms with van der Waals surface area (Å²) in [6.07, 6.45) is 7.56. The maximum absolute atomic E-state index is 12.4. The smallest absolute Gasteiger partial charge is 0.251 e. The second kappa shape index (κ2) is 9.72. The third-order valence-electron chi connectivity index (χ3n) is 5.38. The molecule has 26 heavy (non-hydrogen) atoms. The highest BCUT2D eigenvalue weighted by molar-refractivity contribution is 5.94. The highest BCUT2D eigenvalue weighted by atomic mass is 16.2. The first-order valence-electron chi connectivity index (χ1n) is 10.1. The number of carbonyl (C=O) groups is 2. The van der Waals surface area contributed by atoms with Crippen molar-refractivity contribution in [3.63, 3.8) is 0 Å². The van der Waals surface area contributed by atoms with Crippen LogP contribution >= 0.6 is 0 Å². The van der Waals surface area contributed by atoms with Crippen LogP contribution in [0.25, 0.3) is 0 Å². The summed E-state index contributed by atoms with van der Waals surface area (Å²) in [5.41, 5.74) is 1.86. The number of carbonyl (C=O) groups excluding carboxylic acids is 2. The van der Waals surface area contributed by atoms with Gasteiger partial charge in [-0.05, 0) is 56.5 Å². The molecule has 2 amide bonds. The Bertz CT molecular complexity index is 603. The normalized spacial score (nSPS) is 18.5. The van der Waals surface area contributed by atoms with Gasteiger partial charge >= 0.3 is 0 Å². The van der Waals surface area contributed by atoms with Crippen LogP contribution in [0.15, 0.2) is 24.3 Å². The Labute approximate surface area is 156 Å². The Morgan fingerprint density at radius 3 is 2.35 bits per heavy atom. The van der Waals surface area contributed by atoms with Crippen molar-refractivity contribution in [2.75, 3.05) is 32.7 Å². The number of likely N-dealkylation sites (tertiary alicyclic amines) is 2. The molecular weight excluding hydrogens is 326 g/mol. The molecule has 1 N–H and O–H groups in total. The molecule has 2 aliphatic heterocycles. The van der Waals surface area contributed by atoms with E-state index in [1.165, 1.54) is 31.2 Å². The second-order valence-corrected chi connectivity index (χ2v) is 7.48. The fourth-order valence-electron chi connectivity index (χ4n) is 3.87. The molecule has 5 heteroatoms. The van der Waals surface area contributed by atoms with Crippen LogP contribution < -0.4 is 5.32 Å². The molecule has 0 spiro atoms. The van der Waals surface area contributed by atoms with Gasteiger partial charge in [-0.2, -0.15) is 0 Å². The van der Waals surface area contributed by atoms with Gasteiger partial charge in [0.2, 0.25) is 5.91 Å². The van der Waals surface area contributed by atoms with Crippen LogP contribution in [-0.4, -0.2) is 54.3 Å². The lowest BCUT2D eigenvalue weighted by atomic mass is 10.1.